The first-order valence-electron chi connectivity index (χ1n) is 20.1. The number of carbonyl (C=O) groups is 1. The first-order valence-corrected chi connectivity index (χ1v) is 20.1. The van der Waals surface area contributed by atoms with Gasteiger partial charge >= 0.3 is 5.97 Å². The molecule has 5 fully saturated rings. The minimum atomic E-state index is 0.125. The maximum Gasteiger partial charge on any atom is 0.309 e. The van der Waals surface area contributed by atoms with Gasteiger partial charge in [0.15, 0.2) is 0 Å². The van der Waals surface area contributed by atoms with Gasteiger partial charge in [-0.05, 0) is 163 Å². The summed E-state index contributed by atoms with van der Waals surface area (Å²) in [7, 11) is 0. The van der Waals surface area contributed by atoms with Crippen LogP contribution in [0.3, 0.4) is 0 Å². The van der Waals surface area contributed by atoms with Crippen LogP contribution >= 0.6 is 0 Å². The molecule has 0 saturated heterocycles. The molecule has 0 radical (unpaired) electrons. The van der Waals surface area contributed by atoms with Crippen molar-refractivity contribution in [3.05, 3.63) is 35.4 Å². The molecule has 0 spiro atoms. The van der Waals surface area contributed by atoms with Crippen LogP contribution in [0.2, 0.25) is 0 Å². The van der Waals surface area contributed by atoms with Crippen molar-refractivity contribution < 1.29 is 9.53 Å². The van der Waals surface area contributed by atoms with Crippen molar-refractivity contribution in [2.75, 3.05) is 0 Å². The van der Waals surface area contributed by atoms with Gasteiger partial charge in [-0.2, -0.15) is 0 Å². The summed E-state index contributed by atoms with van der Waals surface area (Å²) in [6.07, 6.45) is 30.1. The van der Waals surface area contributed by atoms with E-state index in [1.165, 1.54) is 127 Å². The summed E-state index contributed by atoms with van der Waals surface area (Å²) >= 11 is 0. The number of rotatable bonds is 7. The lowest BCUT2D eigenvalue weighted by atomic mass is 9.69. The van der Waals surface area contributed by atoms with Crippen LogP contribution in [0, 0.1) is 60.2 Å². The minimum Gasteiger partial charge on any atom is -0.462 e. The van der Waals surface area contributed by atoms with E-state index in [1.54, 1.807) is 0 Å². The van der Waals surface area contributed by atoms with Crippen molar-refractivity contribution in [1.29, 1.82) is 0 Å². The molecule has 5 aliphatic rings. The van der Waals surface area contributed by atoms with E-state index in [9.17, 15) is 4.79 Å². The fourth-order valence-electron chi connectivity index (χ4n) is 10.0. The lowest BCUT2D eigenvalue weighted by Gasteiger charge is -2.37. The van der Waals surface area contributed by atoms with Gasteiger partial charge in [0.2, 0.25) is 0 Å². The van der Waals surface area contributed by atoms with Crippen molar-refractivity contribution in [3.63, 3.8) is 0 Å². The van der Waals surface area contributed by atoms with Gasteiger partial charge < -0.3 is 4.74 Å². The maximum absolute atomic E-state index is 12.5. The number of hydrogen-bond donors (Lipinski definition) is 0. The lowest BCUT2D eigenvalue weighted by molar-refractivity contribution is -0.157. The van der Waals surface area contributed by atoms with Gasteiger partial charge in [-0.3, -0.25) is 4.79 Å². The predicted octanol–water partition coefficient (Wildman–Crippen LogP) is 12.3. The van der Waals surface area contributed by atoms with Crippen molar-refractivity contribution in [3.8, 4) is 0 Å². The Morgan fingerprint density at radius 1 is 0.556 bits per heavy atom. The van der Waals surface area contributed by atoms with E-state index in [1.807, 2.05) is 0 Å². The van der Waals surface area contributed by atoms with Crippen LogP contribution in [0.1, 0.15) is 167 Å². The molecule has 0 atom stereocenters. The number of hydrogen-bond acceptors (Lipinski definition) is 2. The SMILES string of the molecule is CC1CCC(OC(=O)C2CCC(C3CCC(C)CC3)CC2)CC1.Cc1ccc(CCC2CCC(C3CCC(C)CC3)CC2)cc1. The van der Waals surface area contributed by atoms with Crippen LogP contribution in [0.4, 0.5) is 0 Å². The topological polar surface area (TPSA) is 26.3 Å². The molecular formula is C43H70O2. The van der Waals surface area contributed by atoms with Gasteiger partial charge in [0.25, 0.3) is 0 Å². The first-order chi connectivity index (χ1) is 21.8. The fraction of sp³-hybridized carbons (Fsp3) is 0.837. The molecule has 5 saturated carbocycles. The quantitative estimate of drug-likeness (QED) is 0.284. The fourth-order valence-corrected chi connectivity index (χ4v) is 10.0. The highest BCUT2D eigenvalue weighted by atomic mass is 16.5. The average molecular weight is 619 g/mol. The van der Waals surface area contributed by atoms with Gasteiger partial charge in [-0.15, -0.1) is 0 Å². The summed E-state index contributed by atoms with van der Waals surface area (Å²) < 4.78 is 5.83. The zero-order chi connectivity index (χ0) is 31.6. The van der Waals surface area contributed by atoms with Crippen LogP contribution in [0.5, 0.6) is 0 Å². The Morgan fingerprint density at radius 2 is 0.956 bits per heavy atom. The molecule has 0 N–H and O–H groups in total. The van der Waals surface area contributed by atoms with Crippen LogP contribution in [0.15, 0.2) is 24.3 Å². The molecular weight excluding hydrogens is 548 g/mol. The van der Waals surface area contributed by atoms with E-state index in [0.717, 1.165) is 73.0 Å². The van der Waals surface area contributed by atoms with Gasteiger partial charge in [0.05, 0.1) is 5.92 Å². The molecule has 0 bridgehead atoms. The summed E-state index contributed by atoms with van der Waals surface area (Å²) in [5.74, 6) is 8.08. The van der Waals surface area contributed by atoms with Crippen LogP contribution < -0.4 is 0 Å². The molecule has 0 aliphatic heterocycles. The van der Waals surface area contributed by atoms with E-state index in [-0.39, 0.29) is 18.0 Å². The molecule has 0 heterocycles. The second-order valence-electron chi connectivity index (χ2n) is 17.3. The Hall–Kier alpha value is -1.31. The summed E-state index contributed by atoms with van der Waals surface area (Å²) in [5.41, 5.74) is 2.92. The third kappa shape index (κ3) is 11.1. The molecule has 5 aliphatic carbocycles. The largest absolute Gasteiger partial charge is 0.462 e. The number of benzene rings is 1. The minimum absolute atomic E-state index is 0.125. The van der Waals surface area contributed by atoms with E-state index >= 15 is 0 Å². The highest BCUT2D eigenvalue weighted by molar-refractivity contribution is 5.72. The lowest BCUT2D eigenvalue weighted by Crippen LogP contribution is -2.31. The van der Waals surface area contributed by atoms with Gasteiger partial charge in [-0.25, -0.2) is 0 Å². The zero-order valence-corrected chi connectivity index (χ0v) is 30.0. The summed E-state index contributed by atoms with van der Waals surface area (Å²) in [6.45, 7) is 9.33. The molecule has 0 amide bonds. The van der Waals surface area contributed by atoms with E-state index in [4.69, 9.17) is 4.74 Å². The molecule has 6 rings (SSSR count). The van der Waals surface area contributed by atoms with E-state index in [0.29, 0.717) is 0 Å². The third-order valence-electron chi connectivity index (χ3n) is 13.7. The van der Waals surface area contributed by atoms with Crippen molar-refractivity contribution in [2.24, 2.45) is 53.3 Å². The molecule has 1 aromatic carbocycles. The highest BCUT2D eigenvalue weighted by Crippen LogP contribution is 2.43. The Kier molecular flexibility index (Phi) is 13.8. The summed E-state index contributed by atoms with van der Waals surface area (Å²) in [5, 5.41) is 0. The summed E-state index contributed by atoms with van der Waals surface area (Å²) in [4.78, 5) is 12.5. The van der Waals surface area contributed by atoms with Crippen molar-refractivity contribution in [1.82, 2.24) is 0 Å². The van der Waals surface area contributed by atoms with Crippen LogP contribution in [0.25, 0.3) is 0 Å². The summed E-state index contributed by atoms with van der Waals surface area (Å²) in [6, 6.07) is 9.17. The molecule has 2 heteroatoms. The third-order valence-corrected chi connectivity index (χ3v) is 13.7. The second-order valence-corrected chi connectivity index (χ2v) is 17.3. The Morgan fingerprint density at radius 3 is 1.42 bits per heavy atom. The van der Waals surface area contributed by atoms with Crippen molar-refractivity contribution in [2.45, 2.75) is 175 Å². The van der Waals surface area contributed by atoms with Crippen molar-refractivity contribution >= 4 is 5.97 Å². The van der Waals surface area contributed by atoms with Gasteiger partial charge in [0.1, 0.15) is 6.10 Å². The Bertz CT molecular complexity index is 958. The average Bonchev–Trinajstić information content (AvgIpc) is 3.07. The predicted molar refractivity (Wildman–Crippen MR) is 190 cm³/mol. The molecule has 1 aromatic rings. The Labute approximate surface area is 278 Å². The zero-order valence-electron chi connectivity index (χ0n) is 30.0. The number of aryl methyl sites for hydroxylation is 2. The van der Waals surface area contributed by atoms with Gasteiger partial charge in [-0.1, -0.05) is 89.1 Å². The molecule has 0 aromatic heterocycles. The smallest absolute Gasteiger partial charge is 0.309 e. The second kappa shape index (κ2) is 17.7. The molecule has 45 heavy (non-hydrogen) atoms. The normalized spacial score (nSPS) is 37.6. The number of ether oxygens (including phenoxy) is 1. The monoisotopic (exact) mass is 619 g/mol. The van der Waals surface area contributed by atoms with E-state index in [2.05, 4.69) is 52.0 Å². The highest BCUT2D eigenvalue weighted by Gasteiger charge is 2.34. The van der Waals surface area contributed by atoms with Crippen LogP contribution in [-0.2, 0) is 16.0 Å². The van der Waals surface area contributed by atoms with E-state index < -0.39 is 0 Å². The number of esters is 1. The molecule has 254 valence electrons. The molecule has 0 unspecified atom stereocenters. The molecule has 2 nitrogen and oxygen atoms in total. The van der Waals surface area contributed by atoms with Crippen LogP contribution in [-0.4, -0.2) is 12.1 Å². The Balaban J connectivity index is 0.000000178. The maximum atomic E-state index is 12.5. The number of carbonyl (C=O) groups excluding carboxylic acids is 1. The first kappa shape index (κ1) is 35.0. The standard InChI is InChI=1S/C22H34.C21H36O2/c1-17-3-7-19(8-4-17)9-10-20-11-15-22(16-12-20)21-13-5-18(2)6-14-21;1-15-3-7-17(8-4-15)18-9-11-19(12-10-18)21(22)23-20-13-5-16(2)6-14-20/h3-4,7-8,18,20-22H,5-6,9-16H2,1-2H3;15-20H,3-14H2,1-2H3. The van der Waals surface area contributed by atoms with Gasteiger partial charge in [0, 0.05) is 0 Å².